The Kier molecular flexibility index (Phi) is 3.44. The van der Waals surface area contributed by atoms with Crippen molar-refractivity contribution in [2.45, 2.75) is 13.0 Å². The van der Waals surface area contributed by atoms with Gasteiger partial charge in [-0.05, 0) is 30.2 Å². The summed E-state index contributed by atoms with van der Waals surface area (Å²) in [5.74, 6) is -0.253. The average molecular weight is 280 g/mol. The molecule has 0 aliphatic carbocycles. The minimum Gasteiger partial charge on any atom is -0.345 e. The molecule has 2 aromatic carbocycles. The highest BCUT2D eigenvalue weighted by atomic mass is 16.2. The molecule has 3 rings (SSSR count). The van der Waals surface area contributed by atoms with E-state index < -0.39 is 6.04 Å². The molecular formula is C17H16N2O2. The van der Waals surface area contributed by atoms with Gasteiger partial charge < -0.3 is 5.32 Å². The Hall–Kier alpha value is -2.62. The van der Waals surface area contributed by atoms with E-state index in [4.69, 9.17) is 0 Å². The van der Waals surface area contributed by atoms with Gasteiger partial charge in [0.25, 0.3) is 0 Å². The fraction of sp³-hybridized carbons (Fsp3) is 0.176. The van der Waals surface area contributed by atoms with Crippen LogP contribution in [-0.4, -0.2) is 18.4 Å². The van der Waals surface area contributed by atoms with Gasteiger partial charge >= 0.3 is 0 Å². The van der Waals surface area contributed by atoms with Crippen molar-refractivity contribution in [3.05, 3.63) is 65.7 Å². The number of carbonyl (C=O) groups is 2. The number of nitrogens with zero attached hydrogens (tertiary/aromatic N) is 1. The molecule has 2 amide bonds. The number of benzene rings is 2. The second-order valence-corrected chi connectivity index (χ2v) is 5.13. The van der Waals surface area contributed by atoms with Crippen molar-refractivity contribution in [1.29, 1.82) is 0 Å². The average Bonchev–Trinajstić information content (AvgIpc) is 2.50. The Labute approximate surface area is 123 Å². The molecule has 0 spiro atoms. The van der Waals surface area contributed by atoms with Gasteiger partial charge in [0.15, 0.2) is 0 Å². The molecule has 4 heteroatoms. The summed E-state index contributed by atoms with van der Waals surface area (Å²) in [5.41, 5.74) is 2.62. The molecule has 1 atom stereocenters. The molecule has 1 saturated heterocycles. The number of rotatable bonds is 2. The van der Waals surface area contributed by atoms with Crippen molar-refractivity contribution >= 4 is 17.5 Å². The van der Waals surface area contributed by atoms with Crippen molar-refractivity contribution in [3.8, 4) is 0 Å². The van der Waals surface area contributed by atoms with Crippen LogP contribution in [-0.2, 0) is 9.59 Å². The molecule has 2 aromatic rings. The summed E-state index contributed by atoms with van der Waals surface area (Å²) in [6, 6.07) is 16.4. The summed E-state index contributed by atoms with van der Waals surface area (Å²) in [6.07, 6.45) is 0. The number of hydrogen-bond acceptors (Lipinski definition) is 2. The summed E-state index contributed by atoms with van der Waals surface area (Å²) >= 11 is 0. The standard InChI is InChI=1S/C17H16N2O2/c1-12-6-5-9-14(10-12)19-15(20)11-18-17(21)16(19)13-7-3-2-4-8-13/h2-10,16H,11H2,1H3,(H,18,21). The van der Waals surface area contributed by atoms with Crippen LogP contribution in [0.3, 0.4) is 0 Å². The zero-order valence-electron chi connectivity index (χ0n) is 11.7. The summed E-state index contributed by atoms with van der Waals surface area (Å²) in [4.78, 5) is 26.2. The molecule has 1 aliphatic rings. The Bertz CT molecular complexity index is 682. The van der Waals surface area contributed by atoms with Gasteiger partial charge in [-0.15, -0.1) is 0 Å². The third-order valence-electron chi connectivity index (χ3n) is 3.58. The van der Waals surface area contributed by atoms with Crippen molar-refractivity contribution in [2.75, 3.05) is 11.4 Å². The maximum Gasteiger partial charge on any atom is 0.248 e. The number of hydrogen-bond donors (Lipinski definition) is 1. The first-order chi connectivity index (χ1) is 10.2. The summed E-state index contributed by atoms with van der Waals surface area (Å²) < 4.78 is 0. The van der Waals surface area contributed by atoms with Crippen LogP contribution in [0.1, 0.15) is 17.2 Å². The monoisotopic (exact) mass is 280 g/mol. The normalized spacial score (nSPS) is 18.5. The van der Waals surface area contributed by atoms with Crippen LogP contribution >= 0.6 is 0 Å². The molecule has 1 aliphatic heterocycles. The molecule has 1 fully saturated rings. The minimum absolute atomic E-state index is 0.0378. The highest BCUT2D eigenvalue weighted by Crippen LogP contribution is 2.30. The predicted molar refractivity (Wildman–Crippen MR) is 80.9 cm³/mol. The first-order valence-electron chi connectivity index (χ1n) is 6.88. The van der Waals surface area contributed by atoms with Crippen LogP contribution in [0.5, 0.6) is 0 Å². The van der Waals surface area contributed by atoms with Crippen molar-refractivity contribution in [1.82, 2.24) is 5.32 Å². The molecule has 106 valence electrons. The molecule has 4 nitrogen and oxygen atoms in total. The summed E-state index contributed by atoms with van der Waals surface area (Å²) in [7, 11) is 0. The zero-order chi connectivity index (χ0) is 14.8. The number of anilines is 1. The molecule has 21 heavy (non-hydrogen) atoms. The topological polar surface area (TPSA) is 49.4 Å². The highest BCUT2D eigenvalue weighted by molar-refractivity contribution is 6.06. The third kappa shape index (κ3) is 2.52. The van der Waals surface area contributed by atoms with Crippen LogP contribution < -0.4 is 10.2 Å². The number of piperazine rings is 1. The Morgan fingerprint density at radius 1 is 1.05 bits per heavy atom. The van der Waals surface area contributed by atoms with Gasteiger partial charge in [-0.3, -0.25) is 14.5 Å². The van der Waals surface area contributed by atoms with E-state index in [0.717, 1.165) is 16.8 Å². The lowest BCUT2D eigenvalue weighted by molar-refractivity contribution is -0.131. The van der Waals surface area contributed by atoms with Crippen LogP contribution in [0, 0.1) is 6.92 Å². The fourth-order valence-corrected chi connectivity index (χ4v) is 2.61. The Morgan fingerprint density at radius 2 is 1.81 bits per heavy atom. The van der Waals surface area contributed by atoms with Crippen LogP contribution in [0.15, 0.2) is 54.6 Å². The lowest BCUT2D eigenvalue weighted by Gasteiger charge is -2.35. The van der Waals surface area contributed by atoms with Gasteiger partial charge in [0.1, 0.15) is 6.04 Å². The molecule has 1 unspecified atom stereocenters. The maximum atomic E-state index is 12.3. The molecule has 0 saturated carbocycles. The SMILES string of the molecule is Cc1cccc(N2C(=O)CNC(=O)C2c2ccccc2)c1. The van der Waals surface area contributed by atoms with E-state index in [1.807, 2.05) is 61.5 Å². The van der Waals surface area contributed by atoms with Crippen molar-refractivity contribution < 1.29 is 9.59 Å². The van der Waals surface area contributed by atoms with E-state index >= 15 is 0 Å². The molecule has 0 bridgehead atoms. The maximum absolute atomic E-state index is 12.3. The smallest absolute Gasteiger partial charge is 0.248 e. The number of nitrogens with one attached hydrogen (secondary N) is 1. The highest BCUT2D eigenvalue weighted by Gasteiger charge is 2.36. The number of amides is 2. The zero-order valence-corrected chi connectivity index (χ0v) is 11.7. The largest absolute Gasteiger partial charge is 0.345 e. The lowest BCUT2D eigenvalue weighted by atomic mass is 10.0. The fourth-order valence-electron chi connectivity index (χ4n) is 2.61. The van der Waals surface area contributed by atoms with E-state index in [1.54, 1.807) is 4.90 Å². The third-order valence-corrected chi connectivity index (χ3v) is 3.58. The van der Waals surface area contributed by atoms with E-state index in [2.05, 4.69) is 5.32 Å². The van der Waals surface area contributed by atoms with Gasteiger partial charge in [-0.1, -0.05) is 42.5 Å². The summed E-state index contributed by atoms with van der Waals surface area (Å²) in [6.45, 7) is 2.01. The van der Waals surface area contributed by atoms with Gasteiger partial charge in [0, 0.05) is 5.69 Å². The van der Waals surface area contributed by atoms with Crippen molar-refractivity contribution in [2.24, 2.45) is 0 Å². The lowest BCUT2D eigenvalue weighted by Crippen LogP contribution is -2.53. The first-order valence-corrected chi connectivity index (χ1v) is 6.88. The Balaban J connectivity index is 2.08. The van der Waals surface area contributed by atoms with E-state index in [-0.39, 0.29) is 18.4 Å². The second-order valence-electron chi connectivity index (χ2n) is 5.13. The summed E-state index contributed by atoms with van der Waals surface area (Å²) in [5, 5.41) is 2.66. The van der Waals surface area contributed by atoms with Crippen LogP contribution in [0.2, 0.25) is 0 Å². The first kappa shape index (κ1) is 13.4. The molecule has 1 N–H and O–H groups in total. The minimum atomic E-state index is -0.616. The predicted octanol–water partition coefficient (Wildman–Crippen LogP) is 2.20. The molecule has 1 heterocycles. The molecule has 0 aromatic heterocycles. The van der Waals surface area contributed by atoms with Crippen LogP contribution in [0.25, 0.3) is 0 Å². The van der Waals surface area contributed by atoms with Gasteiger partial charge in [0.2, 0.25) is 11.8 Å². The molecular weight excluding hydrogens is 264 g/mol. The second kappa shape index (κ2) is 5.40. The van der Waals surface area contributed by atoms with Crippen molar-refractivity contribution in [3.63, 3.8) is 0 Å². The number of carbonyl (C=O) groups excluding carboxylic acids is 2. The van der Waals surface area contributed by atoms with E-state index in [0.29, 0.717) is 0 Å². The van der Waals surface area contributed by atoms with E-state index in [1.165, 1.54) is 0 Å². The van der Waals surface area contributed by atoms with Gasteiger partial charge in [-0.25, -0.2) is 0 Å². The van der Waals surface area contributed by atoms with Crippen LogP contribution in [0.4, 0.5) is 5.69 Å². The van der Waals surface area contributed by atoms with Gasteiger partial charge in [0.05, 0.1) is 6.54 Å². The van der Waals surface area contributed by atoms with Gasteiger partial charge in [-0.2, -0.15) is 0 Å². The number of aryl methyl sites for hydroxylation is 1. The Morgan fingerprint density at radius 3 is 2.52 bits per heavy atom. The van der Waals surface area contributed by atoms with E-state index in [9.17, 15) is 9.59 Å². The quantitative estimate of drug-likeness (QED) is 0.916. The molecule has 0 radical (unpaired) electrons.